The highest BCUT2D eigenvalue weighted by molar-refractivity contribution is 7.10. The molecule has 0 atom stereocenters. The first kappa shape index (κ1) is 12.1. The Kier molecular flexibility index (Phi) is 3.19. The second kappa shape index (κ2) is 4.49. The van der Waals surface area contributed by atoms with Crippen molar-refractivity contribution in [3.05, 3.63) is 22.7 Å². The Morgan fingerprint density at radius 3 is 2.88 bits per heavy atom. The predicted molar refractivity (Wildman–Crippen MR) is 67.9 cm³/mol. The SMILES string of the molecule is CC(C)(C)OC(=O)N1CC=C(c2nccs2)C1. The van der Waals surface area contributed by atoms with Crippen LogP contribution in [0.5, 0.6) is 0 Å². The Labute approximate surface area is 105 Å². The number of amides is 1. The van der Waals surface area contributed by atoms with Crippen LogP contribution in [0.3, 0.4) is 0 Å². The highest BCUT2D eigenvalue weighted by Crippen LogP contribution is 2.23. The van der Waals surface area contributed by atoms with Crippen molar-refractivity contribution in [2.45, 2.75) is 26.4 Å². The Morgan fingerprint density at radius 2 is 2.29 bits per heavy atom. The van der Waals surface area contributed by atoms with Gasteiger partial charge >= 0.3 is 6.09 Å². The topological polar surface area (TPSA) is 42.4 Å². The third-order valence-electron chi connectivity index (χ3n) is 2.28. The monoisotopic (exact) mass is 252 g/mol. The van der Waals surface area contributed by atoms with E-state index in [1.807, 2.05) is 32.2 Å². The van der Waals surface area contributed by atoms with E-state index in [0.717, 1.165) is 10.6 Å². The standard InChI is InChI=1S/C12H16N2O2S/c1-12(2,3)16-11(15)14-6-4-9(8-14)10-13-5-7-17-10/h4-5,7H,6,8H2,1-3H3. The van der Waals surface area contributed by atoms with Crippen molar-refractivity contribution in [3.63, 3.8) is 0 Å². The number of aromatic nitrogens is 1. The van der Waals surface area contributed by atoms with E-state index in [-0.39, 0.29) is 6.09 Å². The molecule has 0 saturated carbocycles. The zero-order valence-electron chi connectivity index (χ0n) is 10.3. The summed E-state index contributed by atoms with van der Waals surface area (Å²) >= 11 is 1.59. The largest absolute Gasteiger partial charge is 0.444 e. The van der Waals surface area contributed by atoms with Gasteiger partial charge in [0.2, 0.25) is 0 Å². The van der Waals surface area contributed by atoms with Crippen molar-refractivity contribution >= 4 is 23.0 Å². The molecule has 1 amide bonds. The van der Waals surface area contributed by atoms with Crippen LogP contribution in [-0.2, 0) is 4.74 Å². The van der Waals surface area contributed by atoms with Crippen molar-refractivity contribution in [1.82, 2.24) is 9.88 Å². The van der Waals surface area contributed by atoms with Gasteiger partial charge in [-0.05, 0) is 20.8 Å². The van der Waals surface area contributed by atoms with Gasteiger partial charge < -0.3 is 9.64 Å². The van der Waals surface area contributed by atoms with Gasteiger partial charge in [-0.15, -0.1) is 11.3 Å². The van der Waals surface area contributed by atoms with Crippen LogP contribution in [0.1, 0.15) is 25.8 Å². The van der Waals surface area contributed by atoms with Crippen molar-refractivity contribution < 1.29 is 9.53 Å². The van der Waals surface area contributed by atoms with Gasteiger partial charge in [0.15, 0.2) is 0 Å². The first-order valence-electron chi connectivity index (χ1n) is 5.52. The highest BCUT2D eigenvalue weighted by Gasteiger charge is 2.26. The molecule has 0 radical (unpaired) electrons. The lowest BCUT2D eigenvalue weighted by Crippen LogP contribution is -2.35. The van der Waals surface area contributed by atoms with Gasteiger partial charge in [-0.2, -0.15) is 0 Å². The number of rotatable bonds is 1. The molecule has 1 aromatic rings. The number of carbonyl (C=O) groups excluding carboxylic acids is 1. The fourth-order valence-electron chi connectivity index (χ4n) is 1.56. The Hall–Kier alpha value is -1.36. The molecule has 4 nitrogen and oxygen atoms in total. The third-order valence-corrected chi connectivity index (χ3v) is 3.13. The maximum Gasteiger partial charge on any atom is 0.410 e. The minimum absolute atomic E-state index is 0.264. The molecule has 1 aliphatic heterocycles. The van der Waals surface area contributed by atoms with Crippen molar-refractivity contribution in [2.24, 2.45) is 0 Å². The molecule has 0 aromatic carbocycles. The molecule has 17 heavy (non-hydrogen) atoms. The quantitative estimate of drug-likeness (QED) is 0.772. The number of thiazole rings is 1. The molecule has 0 saturated heterocycles. The molecule has 5 heteroatoms. The third kappa shape index (κ3) is 3.06. The van der Waals surface area contributed by atoms with E-state index in [9.17, 15) is 4.79 Å². The molecule has 0 unspecified atom stereocenters. The fourth-order valence-corrected chi connectivity index (χ4v) is 2.23. The van der Waals surface area contributed by atoms with E-state index in [2.05, 4.69) is 4.98 Å². The van der Waals surface area contributed by atoms with Crippen molar-refractivity contribution in [3.8, 4) is 0 Å². The summed E-state index contributed by atoms with van der Waals surface area (Å²) in [7, 11) is 0. The summed E-state index contributed by atoms with van der Waals surface area (Å²) in [4.78, 5) is 17.8. The summed E-state index contributed by atoms with van der Waals surface area (Å²) in [6, 6.07) is 0. The van der Waals surface area contributed by atoms with Crippen molar-refractivity contribution in [1.29, 1.82) is 0 Å². The molecular weight excluding hydrogens is 236 g/mol. The Balaban J connectivity index is 1.95. The van der Waals surface area contributed by atoms with Gasteiger partial charge in [-0.1, -0.05) is 6.08 Å². The zero-order valence-corrected chi connectivity index (χ0v) is 11.1. The lowest BCUT2D eigenvalue weighted by atomic mass is 10.2. The molecule has 0 N–H and O–H groups in total. The Bertz CT molecular complexity index is 432. The molecule has 0 fully saturated rings. The zero-order chi connectivity index (χ0) is 12.5. The average Bonchev–Trinajstić information content (AvgIpc) is 2.86. The van der Waals surface area contributed by atoms with Gasteiger partial charge in [0.05, 0.1) is 6.54 Å². The molecule has 2 rings (SSSR count). The minimum atomic E-state index is -0.443. The summed E-state index contributed by atoms with van der Waals surface area (Å²) < 4.78 is 5.32. The highest BCUT2D eigenvalue weighted by atomic mass is 32.1. The smallest absolute Gasteiger partial charge is 0.410 e. The van der Waals surface area contributed by atoms with Gasteiger partial charge in [0, 0.05) is 23.7 Å². The predicted octanol–water partition coefficient (Wildman–Crippen LogP) is 2.78. The summed E-state index contributed by atoms with van der Waals surface area (Å²) in [5.41, 5.74) is 0.659. The summed E-state index contributed by atoms with van der Waals surface area (Å²) in [5, 5.41) is 2.92. The molecular formula is C12H16N2O2S. The van der Waals surface area contributed by atoms with Crippen LogP contribution in [0.15, 0.2) is 17.7 Å². The summed E-state index contributed by atoms with van der Waals surface area (Å²) in [6.07, 6.45) is 3.54. The second-order valence-corrected chi connectivity index (χ2v) is 5.82. The number of ether oxygens (including phenoxy) is 1. The summed E-state index contributed by atoms with van der Waals surface area (Å²) in [5.74, 6) is 0. The van der Waals surface area contributed by atoms with E-state index < -0.39 is 5.60 Å². The van der Waals surface area contributed by atoms with Crippen LogP contribution in [-0.4, -0.2) is 34.7 Å². The van der Waals surface area contributed by atoms with Crippen LogP contribution in [0.2, 0.25) is 0 Å². The lowest BCUT2D eigenvalue weighted by molar-refractivity contribution is 0.0306. The van der Waals surface area contributed by atoms with Crippen LogP contribution in [0.4, 0.5) is 4.79 Å². The van der Waals surface area contributed by atoms with E-state index >= 15 is 0 Å². The van der Waals surface area contributed by atoms with Gasteiger partial charge in [0.1, 0.15) is 10.6 Å². The second-order valence-electron chi connectivity index (χ2n) is 4.93. The molecule has 92 valence electrons. The normalized spacial score (nSPS) is 15.9. The molecule has 2 heterocycles. The van der Waals surface area contributed by atoms with E-state index in [1.165, 1.54) is 0 Å². The lowest BCUT2D eigenvalue weighted by Gasteiger charge is -2.24. The first-order chi connectivity index (χ1) is 7.96. The maximum absolute atomic E-state index is 11.8. The number of carbonyl (C=O) groups is 1. The van der Waals surface area contributed by atoms with Crippen LogP contribution < -0.4 is 0 Å². The van der Waals surface area contributed by atoms with E-state index in [4.69, 9.17) is 4.74 Å². The molecule has 0 aliphatic carbocycles. The molecule has 1 aromatic heterocycles. The molecule has 0 spiro atoms. The minimum Gasteiger partial charge on any atom is -0.444 e. The van der Waals surface area contributed by atoms with Crippen LogP contribution in [0.25, 0.3) is 5.57 Å². The summed E-state index contributed by atoms with van der Waals surface area (Å²) in [6.45, 7) is 6.80. The molecule has 0 bridgehead atoms. The van der Waals surface area contributed by atoms with Crippen LogP contribution >= 0.6 is 11.3 Å². The van der Waals surface area contributed by atoms with Crippen LogP contribution in [0, 0.1) is 0 Å². The van der Waals surface area contributed by atoms with Gasteiger partial charge in [-0.3, -0.25) is 0 Å². The van der Waals surface area contributed by atoms with E-state index in [1.54, 1.807) is 22.4 Å². The Morgan fingerprint density at radius 1 is 1.53 bits per heavy atom. The fraction of sp³-hybridized carbons (Fsp3) is 0.500. The molecule has 1 aliphatic rings. The number of nitrogens with zero attached hydrogens (tertiary/aromatic N) is 2. The number of hydrogen-bond acceptors (Lipinski definition) is 4. The maximum atomic E-state index is 11.8. The van der Waals surface area contributed by atoms with Gasteiger partial charge in [-0.25, -0.2) is 9.78 Å². The van der Waals surface area contributed by atoms with Crippen molar-refractivity contribution in [2.75, 3.05) is 13.1 Å². The van der Waals surface area contributed by atoms with E-state index in [0.29, 0.717) is 13.1 Å². The first-order valence-corrected chi connectivity index (χ1v) is 6.40. The van der Waals surface area contributed by atoms with Gasteiger partial charge in [0.25, 0.3) is 0 Å². The average molecular weight is 252 g/mol. The number of hydrogen-bond donors (Lipinski definition) is 0.